The Balaban J connectivity index is 2.40. The summed E-state index contributed by atoms with van der Waals surface area (Å²) in [6.07, 6.45) is 0.542. The molecule has 0 saturated carbocycles. The number of aliphatic hydroxyl groups excluding tert-OH is 3. The van der Waals surface area contributed by atoms with E-state index in [1.54, 1.807) is 19.1 Å². The first kappa shape index (κ1) is 20.2. The molecule has 0 saturated heterocycles. The van der Waals surface area contributed by atoms with E-state index in [2.05, 4.69) is 0 Å². The number of methoxy groups -OCH3 is 1. The lowest BCUT2D eigenvalue weighted by Gasteiger charge is -2.23. The number of phenols is 1. The average Bonchev–Trinajstić information content (AvgIpc) is 2.59. The number of benzene rings is 1. The van der Waals surface area contributed by atoms with E-state index >= 15 is 0 Å². The van der Waals surface area contributed by atoms with Crippen LogP contribution >= 0.6 is 0 Å². The molecule has 1 aromatic carbocycles. The molecule has 144 valence electrons. The number of hydrogen-bond acceptors (Lipinski definition) is 7. The molecule has 26 heavy (non-hydrogen) atoms. The molecule has 4 N–H and O–H groups in total. The van der Waals surface area contributed by atoms with Gasteiger partial charge in [-0.25, -0.2) is 4.79 Å². The SMILES string of the molecule is COc1cc(O)c2c(c1)/C=C\C[C@H](O)[C@H](O)[C@@H](O)CCC[C@H](C)OC2=O. The monoisotopic (exact) mass is 366 g/mol. The van der Waals surface area contributed by atoms with Crippen LogP contribution in [-0.4, -0.2) is 57.9 Å². The maximum absolute atomic E-state index is 12.5. The number of cyclic esters (lactones) is 1. The van der Waals surface area contributed by atoms with Gasteiger partial charge in [-0.15, -0.1) is 0 Å². The number of ether oxygens (including phenoxy) is 2. The number of phenolic OH excluding ortho intramolecular Hbond substituents is 1. The van der Waals surface area contributed by atoms with E-state index in [0.29, 0.717) is 24.2 Å². The summed E-state index contributed by atoms with van der Waals surface area (Å²) in [7, 11) is 1.44. The van der Waals surface area contributed by atoms with Crippen molar-refractivity contribution in [1.82, 2.24) is 0 Å². The van der Waals surface area contributed by atoms with Crippen LogP contribution in [0.5, 0.6) is 11.5 Å². The molecular weight excluding hydrogens is 340 g/mol. The molecule has 0 fully saturated rings. The van der Waals surface area contributed by atoms with Crippen LogP contribution in [0.1, 0.15) is 48.5 Å². The summed E-state index contributed by atoms with van der Waals surface area (Å²) in [6.45, 7) is 1.72. The van der Waals surface area contributed by atoms with Gasteiger partial charge < -0.3 is 29.9 Å². The van der Waals surface area contributed by atoms with E-state index < -0.39 is 30.4 Å². The Labute approximate surface area is 152 Å². The molecule has 4 atom stereocenters. The fraction of sp³-hybridized carbons (Fsp3) is 0.526. The van der Waals surface area contributed by atoms with Gasteiger partial charge in [-0.2, -0.15) is 0 Å². The molecule has 2 rings (SSSR count). The Bertz CT molecular complexity index is 656. The summed E-state index contributed by atoms with van der Waals surface area (Å²) in [5.74, 6) is -0.552. The zero-order chi connectivity index (χ0) is 19.3. The number of aromatic hydroxyl groups is 1. The Morgan fingerprint density at radius 3 is 2.58 bits per heavy atom. The number of carbonyl (C=O) groups excluding carboxylic acids is 1. The molecule has 7 nitrogen and oxygen atoms in total. The van der Waals surface area contributed by atoms with Gasteiger partial charge in [0.05, 0.1) is 25.4 Å². The van der Waals surface area contributed by atoms with Crippen molar-refractivity contribution in [3.63, 3.8) is 0 Å². The van der Waals surface area contributed by atoms with Gasteiger partial charge in [-0.1, -0.05) is 12.2 Å². The second-order valence-electron chi connectivity index (χ2n) is 6.52. The van der Waals surface area contributed by atoms with Gasteiger partial charge >= 0.3 is 5.97 Å². The number of hydrogen-bond donors (Lipinski definition) is 4. The van der Waals surface area contributed by atoms with Crippen molar-refractivity contribution in [2.45, 2.75) is 57.0 Å². The third-order valence-electron chi connectivity index (χ3n) is 4.44. The molecule has 1 aromatic rings. The van der Waals surface area contributed by atoms with Crippen molar-refractivity contribution in [3.8, 4) is 11.5 Å². The van der Waals surface area contributed by atoms with E-state index in [1.807, 2.05) is 0 Å². The first-order chi connectivity index (χ1) is 12.3. The molecule has 0 aliphatic carbocycles. The lowest BCUT2D eigenvalue weighted by atomic mass is 9.98. The predicted molar refractivity (Wildman–Crippen MR) is 95.1 cm³/mol. The summed E-state index contributed by atoms with van der Waals surface area (Å²) in [5.41, 5.74) is 0.388. The maximum Gasteiger partial charge on any atom is 0.342 e. The summed E-state index contributed by atoms with van der Waals surface area (Å²) < 4.78 is 10.5. The van der Waals surface area contributed by atoms with E-state index in [-0.39, 0.29) is 24.2 Å². The van der Waals surface area contributed by atoms with Crippen LogP contribution in [0.3, 0.4) is 0 Å². The average molecular weight is 366 g/mol. The van der Waals surface area contributed by atoms with E-state index in [4.69, 9.17) is 9.47 Å². The third-order valence-corrected chi connectivity index (χ3v) is 4.44. The lowest BCUT2D eigenvalue weighted by molar-refractivity contribution is -0.0613. The molecular formula is C19H26O7. The Kier molecular flexibility index (Phi) is 7.02. The number of carbonyl (C=O) groups is 1. The Morgan fingerprint density at radius 1 is 1.15 bits per heavy atom. The van der Waals surface area contributed by atoms with Crippen molar-refractivity contribution in [1.29, 1.82) is 0 Å². The van der Waals surface area contributed by atoms with Crippen molar-refractivity contribution >= 4 is 12.0 Å². The molecule has 0 bridgehead atoms. The minimum absolute atomic E-state index is 0.0148. The highest BCUT2D eigenvalue weighted by Gasteiger charge is 2.25. The van der Waals surface area contributed by atoms with Gasteiger partial charge in [-0.05, 0) is 44.2 Å². The largest absolute Gasteiger partial charge is 0.507 e. The van der Waals surface area contributed by atoms with Crippen LogP contribution in [0.2, 0.25) is 0 Å². The van der Waals surface area contributed by atoms with E-state index in [9.17, 15) is 25.2 Å². The summed E-state index contributed by atoms with van der Waals surface area (Å²) in [4.78, 5) is 12.5. The van der Waals surface area contributed by atoms with E-state index in [0.717, 1.165) is 0 Å². The third kappa shape index (κ3) is 4.97. The zero-order valence-corrected chi connectivity index (χ0v) is 15.0. The van der Waals surface area contributed by atoms with Gasteiger partial charge in [0.1, 0.15) is 23.2 Å². The number of rotatable bonds is 1. The molecule has 7 heteroatoms. The van der Waals surface area contributed by atoms with Gasteiger partial charge in [0, 0.05) is 6.07 Å². The maximum atomic E-state index is 12.5. The quantitative estimate of drug-likeness (QED) is 0.558. The van der Waals surface area contributed by atoms with Crippen molar-refractivity contribution in [2.75, 3.05) is 7.11 Å². The molecule has 1 aliphatic heterocycles. The number of esters is 1. The standard InChI is InChI=1S/C19H26O7/c1-11-5-3-7-14(20)18(23)15(21)8-4-6-12-9-13(25-2)10-16(22)17(12)19(24)26-11/h4,6,9-11,14-15,18,20-23H,3,5,7-8H2,1-2H3/b6-4-/t11-,14-,15-,18+/m0/s1. The van der Waals surface area contributed by atoms with Crippen LogP contribution < -0.4 is 4.74 Å². The first-order valence-electron chi connectivity index (χ1n) is 8.66. The van der Waals surface area contributed by atoms with Crippen LogP contribution in [0, 0.1) is 0 Å². The second kappa shape index (κ2) is 9.02. The second-order valence-corrected chi connectivity index (χ2v) is 6.52. The molecule has 0 spiro atoms. The number of fused-ring (bicyclic) bond motifs is 1. The van der Waals surface area contributed by atoms with Crippen LogP contribution in [0.15, 0.2) is 18.2 Å². The smallest absolute Gasteiger partial charge is 0.342 e. The predicted octanol–water partition coefficient (Wildman–Crippen LogP) is 1.62. The molecule has 0 unspecified atom stereocenters. The highest BCUT2D eigenvalue weighted by Crippen LogP contribution is 2.30. The molecule has 0 amide bonds. The van der Waals surface area contributed by atoms with Gasteiger partial charge in [-0.3, -0.25) is 0 Å². The molecule has 1 heterocycles. The van der Waals surface area contributed by atoms with Gasteiger partial charge in [0.15, 0.2) is 0 Å². The summed E-state index contributed by atoms with van der Waals surface area (Å²) in [5, 5.41) is 40.2. The molecule has 0 aromatic heterocycles. The van der Waals surface area contributed by atoms with E-state index in [1.165, 1.54) is 19.3 Å². The highest BCUT2D eigenvalue weighted by molar-refractivity contribution is 5.97. The van der Waals surface area contributed by atoms with Gasteiger partial charge in [0.2, 0.25) is 0 Å². The van der Waals surface area contributed by atoms with Crippen LogP contribution in [0.25, 0.3) is 6.08 Å². The Morgan fingerprint density at radius 2 is 1.88 bits per heavy atom. The fourth-order valence-electron chi connectivity index (χ4n) is 2.91. The minimum Gasteiger partial charge on any atom is -0.507 e. The first-order valence-corrected chi connectivity index (χ1v) is 8.66. The lowest BCUT2D eigenvalue weighted by Crippen LogP contribution is -2.37. The van der Waals surface area contributed by atoms with Crippen molar-refractivity contribution in [3.05, 3.63) is 29.3 Å². The molecule has 1 aliphatic rings. The van der Waals surface area contributed by atoms with Crippen LogP contribution in [-0.2, 0) is 4.74 Å². The van der Waals surface area contributed by atoms with Crippen LogP contribution in [0.4, 0.5) is 0 Å². The summed E-state index contributed by atoms with van der Waals surface area (Å²) >= 11 is 0. The molecule has 0 radical (unpaired) electrons. The Hall–Kier alpha value is -2.09. The van der Waals surface area contributed by atoms with Crippen molar-refractivity contribution < 1.29 is 34.7 Å². The number of aliphatic hydroxyl groups is 3. The van der Waals surface area contributed by atoms with Crippen molar-refractivity contribution in [2.24, 2.45) is 0 Å². The topological polar surface area (TPSA) is 116 Å². The normalized spacial score (nSPS) is 29.2. The fourth-order valence-corrected chi connectivity index (χ4v) is 2.91. The zero-order valence-electron chi connectivity index (χ0n) is 15.0. The minimum atomic E-state index is -1.27. The summed E-state index contributed by atoms with van der Waals surface area (Å²) in [6, 6.07) is 2.90. The van der Waals surface area contributed by atoms with Gasteiger partial charge in [0.25, 0.3) is 0 Å². The highest BCUT2D eigenvalue weighted by atomic mass is 16.5.